The molecule has 0 bridgehead atoms. The summed E-state index contributed by atoms with van der Waals surface area (Å²) in [5.74, 6) is 0.539. The summed E-state index contributed by atoms with van der Waals surface area (Å²) in [4.78, 5) is 38.6. The predicted molar refractivity (Wildman–Crippen MR) is 198 cm³/mol. The van der Waals surface area contributed by atoms with Gasteiger partial charge in [-0.15, -0.1) is 0 Å². The number of hydrogen-bond donors (Lipinski definition) is 0. The summed E-state index contributed by atoms with van der Waals surface area (Å²) >= 11 is 0. The molecule has 0 saturated carbocycles. The number of aryl methyl sites for hydroxylation is 5. The Morgan fingerprint density at radius 1 is 0.851 bits per heavy atom. The van der Waals surface area contributed by atoms with Crippen LogP contribution in [-0.4, -0.2) is 17.3 Å². The van der Waals surface area contributed by atoms with Crippen LogP contribution in [0, 0.1) is 31.6 Å². The second-order valence-corrected chi connectivity index (χ2v) is 14.0. The third-order valence-electron chi connectivity index (χ3n) is 9.77. The van der Waals surface area contributed by atoms with E-state index in [1.54, 1.807) is 0 Å². The van der Waals surface area contributed by atoms with Crippen molar-refractivity contribution in [2.24, 2.45) is 17.8 Å². The lowest BCUT2D eigenvalue weighted by atomic mass is 9.71. The summed E-state index contributed by atoms with van der Waals surface area (Å²) < 4.78 is 0. The lowest BCUT2D eigenvalue weighted by molar-refractivity contribution is -0.129. The molecule has 4 rings (SSSR count). The van der Waals surface area contributed by atoms with Crippen LogP contribution in [0.1, 0.15) is 137 Å². The first kappa shape index (κ1) is 38.1. The molecule has 0 aromatic heterocycles. The average molecular weight is 637 g/mol. The maximum absolute atomic E-state index is 13.8. The molecule has 3 atom stereocenters. The van der Waals surface area contributed by atoms with Crippen molar-refractivity contribution in [3.63, 3.8) is 0 Å². The van der Waals surface area contributed by atoms with Gasteiger partial charge in [-0.05, 0) is 116 Å². The van der Waals surface area contributed by atoms with Crippen molar-refractivity contribution in [1.29, 1.82) is 0 Å². The van der Waals surface area contributed by atoms with Crippen LogP contribution in [0.2, 0.25) is 0 Å². The van der Waals surface area contributed by atoms with E-state index in [2.05, 4.69) is 103 Å². The molecule has 0 N–H and O–H groups in total. The smallest absolute Gasteiger partial charge is 0.163 e. The summed E-state index contributed by atoms with van der Waals surface area (Å²) in [5, 5.41) is 0. The third-order valence-corrected chi connectivity index (χ3v) is 9.77. The fourth-order valence-corrected chi connectivity index (χ4v) is 7.69. The topological polar surface area (TPSA) is 51.2 Å². The van der Waals surface area contributed by atoms with Crippen molar-refractivity contribution < 1.29 is 14.4 Å². The Labute approximate surface area is 286 Å². The molecule has 3 heteroatoms. The Morgan fingerprint density at radius 2 is 1.55 bits per heavy atom. The number of benzene rings is 3. The van der Waals surface area contributed by atoms with Gasteiger partial charge >= 0.3 is 0 Å². The molecule has 0 saturated heterocycles. The highest BCUT2D eigenvalue weighted by Crippen LogP contribution is 2.41. The molecule has 3 aromatic carbocycles. The third kappa shape index (κ3) is 10.6. The van der Waals surface area contributed by atoms with Crippen molar-refractivity contribution in [3.05, 3.63) is 93.5 Å². The number of fused-ring (bicyclic) bond motifs is 1. The Hall–Kier alpha value is -3.33. The van der Waals surface area contributed by atoms with E-state index < -0.39 is 0 Å². The average Bonchev–Trinajstić information content (AvgIpc) is 3.01. The van der Waals surface area contributed by atoms with E-state index in [4.69, 9.17) is 0 Å². The van der Waals surface area contributed by atoms with Crippen LogP contribution in [0.25, 0.3) is 11.1 Å². The number of rotatable bonds is 15. The van der Waals surface area contributed by atoms with E-state index in [1.807, 2.05) is 0 Å². The van der Waals surface area contributed by atoms with Crippen LogP contribution in [-0.2, 0) is 35.3 Å². The molecule has 0 fully saturated rings. The van der Waals surface area contributed by atoms with Gasteiger partial charge in [-0.2, -0.15) is 0 Å². The van der Waals surface area contributed by atoms with Gasteiger partial charge in [0.25, 0.3) is 0 Å². The first-order chi connectivity index (χ1) is 22.6. The molecule has 254 valence electrons. The van der Waals surface area contributed by atoms with Crippen LogP contribution in [0.4, 0.5) is 0 Å². The molecule has 0 heterocycles. The molecule has 0 aliphatic heterocycles. The molecule has 47 heavy (non-hydrogen) atoms. The number of carbonyl (C=O) groups is 3. The molecule has 1 aliphatic carbocycles. The van der Waals surface area contributed by atoms with Crippen molar-refractivity contribution in [2.45, 2.75) is 132 Å². The van der Waals surface area contributed by atoms with E-state index >= 15 is 0 Å². The monoisotopic (exact) mass is 636 g/mol. The first-order valence-corrected chi connectivity index (χ1v) is 18.4. The van der Waals surface area contributed by atoms with Gasteiger partial charge < -0.3 is 0 Å². The molecule has 1 aliphatic rings. The van der Waals surface area contributed by atoms with E-state index in [-0.39, 0.29) is 41.5 Å². The Bertz CT molecular complexity index is 1500. The fourth-order valence-electron chi connectivity index (χ4n) is 7.69. The Morgan fingerprint density at radius 3 is 2.17 bits per heavy atom. The minimum atomic E-state index is -0.115. The van der Waals surface area contributed by atoms with Gasteiger partial charge in [0, 0.05) is 17.9 Å². The molecular formula is C44H60O3. The fraction of sp³-hybridized carbons (Fsp3) is 0.523. The van der Waals surface area contributed by atoms with Crippen LogP contribution < -0.4 is 0 Å². The van der Waals surface area contributed by atoms with Gasteiger partial charge in [0.15, 0.2) is 5.78 Å². The molecule has 3 unspecified atom stereocenters. The zero-order chi connectivity index (χ0) is 34.5. The van der Waals surface area contributed by atoms with Gasteiger partial charge in [0.05, 0.1) is 6.42 Å². The van der Waals surface area contributed by atoms with Crippen molar-refractivity contribution in [3.8, 4) is 11.1 Å². The minimum Gasteiger partial charge on any atom is -0.300 e. The van der Waals surface area contributed by atoms with Gasteiger partial charge in [-0.3, -0.25) is 14.4 Å². The van der Waals surface area contributed by atoms with Gasteiger partial charge in [-0.25, -0.2) is 0 Å². The zero-order valence-electron chi connectivity index (χ0n) is 30.6. The largest absolute Gasteiger partial charge is 0.300 e. The van der Waals surface area contributed by atoms with Crippen LogP contribution >= 0.6 is 0 Å². The molecular weight excluding hydrogens is 576 g/mol. The second-order valence-electron chi connectivity index (χ2n) is 14.0. The predicted octanol–water partition coefficient (Wildman–Crippen LogP) is 11.3. The van der Waals surface area contributed by atoms with E-state index in [9.17, 15) is 14.4 Å². The van der Waals surface area contributed by atoms with Crippen molar-refractivity contribution >= 4 is 17.3 Å². The normalized spacial score (nSPS) is 15.3. The number of hydrogen-bond acceptors (Lipinski definition) is 3. The summed E-state index contributed by atoms with van der Waals surface area (Å²) in [6, 6.07) is 20.1. The second kappa shape index (κ2) is 18.9. The summed E-state index contributed by atoms with van der Waals surface area (Å²) in [6.45, 7) is 16.4. The Kier molecular flexibility index (Phi) is 15.3. The molecule has 0 spiro atoms. The van der Waals surface area contributed by atoms with Crippen LogP contribution in [0.3, 0.4) is 0 Å². The molecule has 3 aromatic rings. The van der Waals surface area contributed by atoms with Crippen molar-refractivity contribution in [1.82, 2.24) is 0 Å². The van der Waals surface area contributed by atoms with Crippen molar-refractivity contribution in [2.75, 3.05) is 0 Å². The van der Waals surface area contributed by atoms with Crippen LogP contribution in [0.15, 0.2) is 54.6 Å². The standard InChI is InChI=1S/C41H52O3.C3H8/c1-7-12-34(35(9-3)39(43)22-29(6)42)23-32-25-38-36(20-17-28(5)41(38)40(44)26-32)37-24-31(18-19-33(37)8-2)16-11-15-30-14-10-13-27(4)21-30;1-3-2/h10,13-14,17-21,24,32,34-35H,7-9,11-12,15-16,22-23,25-26H2,1-6H3;3H2,1-2H3. The van der Waals surface area contributed by atoms with E-state index in [0.717, 1.165) is 68.9 Å². The highest BCUT2D eigenvalue weighted by Gasteiger charge is 2.34. The van der Waals surface area contributed by atoms with E-state index in [1.165, 1.54) is 52.3 Å². The highest BCUT2D eigenvalue weighted by atomic mass is 16.1. The van der Waals surface area contributed by atoms with Crippen LogP contribution in [0.5, 0.6) is 0 Å². The first-order valence-electron chi connectivity index (χ1n) is 18.4. The minimum absolute atomic E-state index is 0.0234. The number of ketones is 3. The van der Waals surface area contributed by atoms with Gasteiger partial charge in [0.1, 0.15) is 11.6 Å². The molecule has 0 amide bonds. The van der Waals surface area contributed by atoms with Gasteiger partial charge in [-0.1, -0.05) is 114 Å². The SMILES string of the molecule is CCC.CCCC(CC1CC(=O)c2c(C)ccc(-c3cc(CCCc4cccc(C)c4)ccc3CC)c2C1)C(CC)C(=O)CC(C)=O. The van der Waals surface area contributed by atoms with E-state index in [0.29, 0.717) is 6.42 Å². The quantitative estimate of drug-likeness (QED) is 0.156. The summed E-state index contributed by atoms with van der Waals surface area (Å²) in [5.41, 5.74) is 11.0. The number of Topliss-reactive ketones (excluding diaryl/α,β-unsaturated/α-hetero) is 3. The zero-order valence-corrected chi connectivity index (χ0v) is 30.6. The number of carbonyl (C=O) groups excluding carboxylic acids is 3. The maximum Gasteiger partial charge on any atom is 0.163 e. The molecule has 3 nitrogen and oxygen atoms in total. The molecule has 0 radical (unpaired) electrons. The lowest BCUT2D eigenvalue weighted by Gasteiger charge is -2.33. The summed E-state index contributed by atoms with van der Waals surface area (Å²) in [6.07, 6.45) is 10.3. The maximum atomic E-state index is 13.8. The Balaban J connectivity index is 0.00000192. The summed E-state index contributed by atoms with van der Waals surface area (Å²) in [7, 11) is 0. The highest BCUT2D eigenvalue weighted by molar-refractivity contribution is 6.02. The van der Waals surface area contributed by atoms with Gasteiger partial charge in [0.2, 0.25) is 0 Å². The lowest BCUT2D eigenvalue weighted by Crippen LogP contribution is -2.30.